The second kappa shape index (κ2) is 5.05. The molecule has 2 fully saturated rings. The van der Waals surface area contributed by atoms with Crippen molar-refractivity contribution in [2.45, 2.75) is 51.0 Å². The summed E-state index contributed by atoms with van der Waals surface area (Å²) in [6, 6.07) is 0. The molecule has 1 saturated carbocycles. The molecule has 0 aromatic heterocycles. The first-order valence-corrected chi connectivity index (χ1v) is 6.48. The maximum Gasteiger partial charge on any atom is 0.0689 e. The molecule has 2 aliphatic rings. The van der Waals surface area contributed by atoms with Crippen LogP contribution in [0.5, 0.6) is 0 Å². The zero-order chi connectivity index (χ0) is 11.4. The summed E-state index contributed by atoms with van der Waals surface area (Å²) in [5.41, 5.74) is 7.35. The lowest BCUT2D eigenvalue weighted by Gasteiger charge is -2.38. The van der Waals surface area contributed by atoms with Crippen molar-refractivity contribution in [3.05, 3.63) is 23.9 Å². The molecule has 1 aliphatic heterocycles. The van der Waals surface area contributed by atoms with Gasteiger partial charge in [-0.05, 0) is 38.7 Å². The van der Waals surface area contributed by atoms with E-state index < -0.39 is 0 Å². The summed E-state index contributed by atoms with van der Waals surface area (Å²) in [7, 11) is 0. The van der Waals surface area contributed by atoms with E-state index in [9.17, 15) is 0 Å². The van der Waals surface area contributed by atoms with Crippen molar-refractivity contribution in [1.82, 2.24) is 0 Å². The topological polar surface area (TPSA) is 35.2 Å². The van der Waals surface area contributed by atoms with Crippen molar-refractivity contribution in [2.75, 3.05) is 6.61 Å². The lowest BCUT2D eigenvalue weighted by molar-refractivity contribution is -0.0871. The molecule has 1 saturated heterocycles. The molecule has 1 spiro atoms. The fourth-order valence-corrected chi connectivity index (χ4v) is 3.02. The van der Waals surface area contributed by atoms with Gasteiger partial charge in [-0.3, -0.25) is 0 Å². The fourth-order valence-electron chi connectivity index (χ4n) is 3.02. The van der Waals surface area contributed by atoms with Crippen LogP contribution in [0.15, 0.2) is 23.9 Å². The summed E-state index contributed by atoms with van der Waals surface area (Å²) in [4.78, 5) is 0. The van der Waals surface area contributed by atoms with Gasteiger partial charge in [0.2, 0.25) is 0 Å². The predicted octanol–water partition coefficient (Wildman–Crippen LogP) is 3.14. The number of rotatable bonds is 2. The fraction of sp³-hybridized carbons (Fsp3) is 0.714. The van der Waals surface area contributed by atoms with Crippen LogP contribution in [-0.4, -0.2) is 12.2 Å². The molecule has 2 rings (SSSR count). The van der Waals surface area contributed by atoms with E-state index in [4.69, 9.17) is 10.5 Å². The standard InChI is InChI=1S/C14H23NO/c1-2-3-6-13(15)12-7-10-16-14(11-12)8-4-5-9-14/h2-3,6,12H,4-5,7-11,15H2,1H3/b3-2-,13-6-. The third kappa shape index (κ3) is 2.49. The Kier molecular flexibility index (Phi) is 3.70. The van der Waals surface area contributed by atoms with Crippen molar-refractivity contribution < 1.29 is 4.74 Å². The summed E-state index contributed by atoms with van der Waals surface area (Å²) < 4.78 is 6.01. The number of allylic oxidation sites excluding steroid dienone is 4. The van der Waals surface area contributed by atoms with E-state index in [1.54, 1.807) is 0 Å². The molecule has 2 N–H and O–H groups in total. The minimum Gasteiger partial charge on any atom is -0.402 e. The van der Waals surface area contributed by atoms with E-state index in [0.29, 0.717) is 5.92 Å². The predicted molar refractivity (Wildman–Crippen MR) is 67.0 cm³/mol. The molecule has 1 unspecified atom stereocenters. The minimum absolute atomic E-state index is 0.178. The van der Waals surface area contributed by atoms with E-state index in [2.05, 4.69) is 6.08 Å². The molecule has 2 nitrogen and oxygen atoms in total. The SMILES string of the molecule is C/C=C\C=C(/N)C1CCOC2(CCCC2)C1. The highest BCUT2D eigenvalue weighted by molar-refractivity contribution is 5.13. The van der Waals surface area contributed by atoms with Gasteiger partial charge >= 0.3 is 0 Å². The summed E-state index contributed by atoms with van der Waals surface area (Å²) in [6.07, 6.45) is 13.5. The van der Waals surface area contributed by atoms with Gasteiger partial charge in [0.15, 0.2) is 0 Å². The molecule has 1 aliphatic carbocycles. The molecular weight excluding hydrogens is 198 g/mol. The minimum atomic E-state index is 0.178. The summed E-state index contributed by atoms with van der Waals surface area (Å²) in [5, 5.41) is 0. The maximum absolute atomic E-state index is 6.14. The van der Waals surface area contributed by atoms with Crippen molar-refractivity contribution in [3.63, 3.8) is 0 Å². The van der Waals surface area contributed by atoms with Gasteiger partial charge in [-0.25, -0.2) is 0 Å². The molecule has 0 aromatic rings. The lowest BCUT2D eigenvalue weighted by Crippen LogP contribution is -2.38. The summed E-state index contributed by atoms with van der Waals surface area (Å²) in [6.45, 7) is 2.90. The number of ether oxygens (including phenoxy) is 1. The van der Waals surface area contributed by atoms with Crippen LogP contribution in [0.4, 0.5) is 0 Å². The van der Waals surface area contributed by atoms with Gasteiger partial charge in [0.05, 0.1) is 5.60 Å². The Morgan fingerprint density at radius 2 is 2.12 bits per heavy atom. The Labute approximate surface area is 98.5 Å². The Morgan fingerprint density at radius 3 is 2.81 bits per heavy atom. The first-order valence-electron chi connectivity index (χ1n) is 6.48. The van der Waals surface area contributed by atoms with E-state index >= 15 is 0 Å². The zero-order valence-electron chi connectivity index (χ0n) is 10.2. The smallest absolute Gasteiger partial charge is 0.0689 e. The van der Waals surface area contributed by atoms with E-state index in [-0.39, 0.29) is 5.60 Å². The number of hydrogen-bond donors (Lipinski definition) is 1. The second-order valence-corrected chi connectivity index (χ2v) is 5.12. The van der Waals surface area contributed by atoms with Gasteiger partial charge in [-0.2, -0.15) is 0 Å². The van der Waals surface area contributed by atoms with Crippen LogP contribution in [0.2, 0.25) is 0 Å². The highest BCUT2D eigenvalue weighted by atomic mass is 16.5. The highest BCUT2D eigenvalue weighted by Crippen LogP contribution is 2.43. The van der Waals surface area contributed by atoms with Gasteiger partial charge in [0.25, 0.3) is 0 Å². The molecule has 1 heterocycles. The quantitative estimate of drug-likeness (QED) is 0.727. The monoisotopic (exact) mass is 221 g/mol. The van der Waals surface area contributed by atoms with Gasteiger partial charge in [-0.15, -0.1) is 0 Å². The Bertz CT molecular complexity index is 287. The number of hydrogen-bond acceptors (Lipinski definition) is 2. The van der Waals surface area contributed by atoms with E-state index in [1.807, 2.05) is 19.1 Å². The Morgan fingerprint density at radius 1 is 1.38 bits per heavy atom. The first-order chi connectivity index (χ1) is 7.76. The van der Waals surface area contributed by atoms with Crippen LogP contribution < -0.4 is 5.73 Å². The molecule has 90 valence electrons. The van der Waals surface area contributed by atoms with Crippen LogP contribution in [0, 0.1) is 5.92 Å². The largest absolute Gasteiger partial charge is 0.402 e. The number of nitrogens with two attached hydrogens (primary N) is 1. The van der Waals surface area contributed by atoms with Crippen molar-refractivity contribution in [3.8, 4) is 0 Å². The molecule has 1 atom stereocenters. The van der Waals surface area contributed by atoms with Gasteiger partial charge in [0, 0.05) is 18.2 Å². The molecule has 16 heavy (non-hydrogen) atoms. The third-order valence-corrected chi connectivity index (χ3v) is 3.96. The van der Waals surface area contributed by atoms with Gasteiger partial charge < -0.3 is 10.5 Å². The normalized spacial score (nSPS) is 30.3. The summed E-state index contributed by atoms with van der Waals surface area (Å²) in [5.74, 6) is 0.531. The van der Waals surface area contributed by atoms with Crippen LogP contribution in [0.3, 0.4) is 0 Å². The van der Waals surface area contributed by atoms with Gasteiger partial charge in [0.1, 0.15) is 0 Å². The maximum atomic E-state index is 6.14. The zero-order valence-corrected chi connectivity index (χ0v) is 10.2. The average Bonchev–Trinajstić information content (AvgIpc) is 2.74. The highest BCUT2D eigenvalue weighted by Gasteiger charge is 2.40. The van der Waals surface area contributed by atoms with Gasteiger partial charge in [-0.1, -0.05) is 25.0 Å². The Hall–Kier alpha value is -0.760. The summed E-state index contributed by atoms with van der Waals surface area (Å²) >= 11 is 0. The first kappa shape index (κ1) is 11.7. The van der Waals surface area contributed by atoms with Crippen molar-refractivity contribution in [2.24, 2.45) is 11.7 Å². The van der Waals surface area contributed by atoms with Crippen LogP contribution >= 0.6 is 0 Å². The van der Waals surface area contributed by atoms with Crippen LogP contribution in [-0.2, 0) is 4.74 Å². The molecule has 0 bridgehead atoms. The van der Waals surface area contributed by atoms with E-state index in [1.165, 1.54) is 25.7 Å². The van der Waals surface area contributed by atoms with Crippen LogP contribution in [0.25, 0.3) is 0 Å². The molecule has 0 amide bonds. The lowest BCUT2D eigenvalue weighted by atomic mass is 9.83. The molecule has 0 radical (unpaired) electrons. The second-order valence-electron chi connectivity index (χ2n) is 5.12. The molecule has 0 aromatic carbocycles. The van der Waals surface area contributed by atoms with E-state index in [0.717, 1.165) is 25.1 Å². The average molecular weight is 221 g/mol. The van der Waals surface area contributed by atoms with Crippen molar-refractivity contribution in [1.29, 1.82) is 0 Å². The van der Waals surface area contributed by atoms with Crippen LogP contribution in [0.1, 0.15) is 45.4 Å². The Balaban J connectivity index is 2.01. The molecule has 2 heteroatoms. The molecular formula is C14H23NO. The van der Waals surface area contributed by atoms with Crippen molar-refractivity contribution >= 4 is 0 Å². The third-order valence-electron chi connectivity index (χ3n) is 3.96.